The quantitative estimate of drug-likeness (QED) is 0.793. The molecule has 0 N–H and O–H groups in total. The summed E-state index contributed by atoms with van der Waals surface area (Å²) in [6.45, 7) is 1.94. The van der Waals surface area contributed by atoms with Crippen LogP contribution < -0.4 is 0 Å². The first-order valence-corrected chi connectivity index (χ1v) is 7.67. The van der Waals surface area contributed by atoms with E-state index in [9.17, 15) is 13.4 Å². The number of esters is 1. The maximum Gasteiger partial charge on any atom is 0.341 e. The zero-order valence-corrected chi connectivity index (χ0v) is 12.5. The Labute approximate surface area is 124 Å². The van der Waals surface area contributed by atoms with Crippen molar-refractivity contribution in [1.29, 1.82) is 0 Å². The fraction of sp³-hybridized carbons (Fsp3) is 0.286. The molecular formula is C14H15FN2O3S. The van der Waals surface area contributed by atoms with Gasteiger partial charge in [0.25, 0.3) is 0 Å². The second-order valence-corrected chi connectivity index (χ2v) is 5.69. The normalized spacial score (nSPS) is 12.1. The Bertz CT molecular complexity index is 685. The van der Waals surface area contributed by atoms with Crippen LogP contribution in [0.15, 0.2) is 35.4 Å². The minimum absolute atomic E-state index is 0.00835. The van der Waals surface area contributed by atoms with E-state index >= 15 is 0 Å². The maximum absolute atomic E-state index is 13.6. The SMILES string of the molecule is CCOC(=O)c1cnn(C)c1CS(=O)c1ccccc1F. The van der Waals surface area contributed by atoms with E-state index in [1.54, 1.807) is 20.0 Å². The van der Waals surface area contributed by atoms with E-state index in [2.05, 4.69) is 5.10 Å². The van der Waals surface area contributed by atoms with Crippen LogP contribution in [0.5, 0.6) is 0 Å². The number of carbonyl (C=O) groups is 1. The highest BCUT2D eigenvalue weighted by Crippen LogP contribution is 2.18. The van der Waals surface area contributed by atoms with Crippen LogP contribution in [0.1, 0.15) is 23.0 Å². The topological polar surface area (TPSA) is 61.2 Å². The van der Waals surface area contributed by atoms with Crippen LogP contribution in [0.25, 0.3) is 0 Å². The van der Waals surface area contributed by atoms with Gasteiger partial charge in [0.2, 0.25) is 0 Å². The number of nitrogens with zero attached hydrogens (tertiary/aromatic N) is 2. The predicted molar refractivity (Wildman–Crippen MR) is 75.7 cm³/mol. The third-order valence-electron chi connectivity index (χ3n) is 2.91. The molecule has 0 saturated heterocycles. The molecule has 0 fully saturated rings. The van der Waals surface area contributed by atoms with Crippen molar-refractivity contribution in [2.45, 2.75) is 17.6 Å². The summed E-state index contributed by atoms with van der Waals surface area (Å²) in [5.41, 5.74) is 0.707. The maximum atomic E-state index is 13.6. The Kier molecular flexibility index (Phi) is 4.85. The molecule has 0 aliphatic rings. The minimum atomic E-state index is -1.61. The van der Waals surface area contributed by atoms with Crippen LogP contribution in [0.3, 0.4) is 0 Å². The Balaban J connectivity index is 2.28. The van der Waals surface area contributed by atoms with Gasteiger partial charge in [-0.15, -0.1) is 0 Å². The summed E-state index contributed by atoms with van der Waals surface area (Å²) < 4.78 is 32.3. The standard InChI is InChI=1S/C14H15FN2O3S/c1-3-20-14(18)10-8-16-17(2)12(10)9-21(19)13-7-5-4-6-11(13)15/h4-8H,3,9H2,1-2H3. The van der Waals surface area contributed by atoms with Gasteiger partial charge >= 0.3 is 5.97 Å². The molecule has 112 valence electrons. The van der Waals surface area contributed by atoms with E-state index in [1.165, 1.54) is 29.1 Å². The van der Waals surface area contributed by atoms with E-state index in [4.69, 9.17) is 4.74 Å². The number of carbonyl (C=O) groups excluding carboxylic acids is 1. The molecule has 0 aliphatic carbocycles. The second-order valence-electron chi connectivity index (χ2n) is 4.27. The van der Waals surface area contributed by atoms with Crippen molar-refractivity contribution < 1.29 is 18.1 Å². The van der Waals surface area contributed by atoms with E-state index < -0.39 is 22.6 Å². The summed E-state index contributed by atoms with van der Waals surface area (Å²) in [6, 6.07) is 5.87. The molecule has 0 spiro atoms. The lowest BCUT2D eigenvalue weighted by atomic mass is 10.3. The molecule has 0 saturated carbocycles. The fourth-order valence-electron chi connectivity index (χ4n) is 1.84. The van der Waals surface area contributed by atoms with Gasteiger partial charge in [-0.2, -0.15) is 5.10 Å². The predicted octanol–water partition coefficient (Wildman–Crippen LogP) is 2.04. The smallest absolute Gasteiger partial charge is 0.341 e. The molecular weight excluding hydrogens is 295 g/mol. The number of rotatable bonds is 5. The van der Waals surface area contributed by atoms with E-state index in [-0.39, 0.29) is 22.8 Å². The molecule has 1 atom stereocenters. The van der Waals surface area contributed by atoms with Gasteiger partial charge in [-0.25, -0.2) is 9.18 Å². The van der Waals surface area contributed by atoms with Crippen molar-refractivity contribution in [3.05, 3.63) is 47.5 Å². The third kappa shape index (κ3) is 3.36. The first-order valence-electron chi connectivity index (χ1n) is 6.35. The van der Waals surface area contributed by atoms with Gasteiger partial charge in [0.1, 0.15) is 11.4 Å². The lowest BCUT2D eigenvalue weighted by Crippen LogP contribution is -2.11. The Morgan fingerprint density at radius 1 is 1.43 bits per heavy atom. The molecule has 1 aromatic heterocycles. The summed E-state index contributed by atoms with van der Waals surface area (Å²) in [7, 11) is 0.0265. The van der Waals surface area contributed by atoms with Crippen LogP contribution in [0.2, 0.25) is 0 Å². The molecule has 7 heteroatoms. The average Bonchev–Trinajstić information content (AvgIpc) is 2.81. The van der Waals surface area contributed by atoms with Crippen LogP contribution in [0, 0.1) is 5.82 Å². The molecule has 0 aliphatic heterocycles. The summed E-state index contributed by atoms with van der Waals surface area (Å²) in [5, 5.41) is 3.98. The summed E-state index contributed by atoms with van der Waals surface area (Å²) in [4.78, 5) is 11.9. The van der Waals surface area contributed by atoms with Crippen LogP contribution in [-0.2, 0) is 28.3 Å². The van der Waals surface area contributed by atoms with E-state index in [0.29, 0.717) is 5.69 Å². The molecule has 2 aromatic rings. The summed E-state index contributed by atoms with van der Waals surface area (Å²) in [5.74, 6) is -1.06. The van der Waals surface area contributed by atoms with Crippen molar-refractivity contribution >= 4 is 16.8 Å². The van der Waals surface area contributed by atoms with Crippen molar-refractivity contribution in [1.82, 2.24) is 9.78 Å². The lowest BCUT2D eigenvalue weighted by Gasteiger charge is -2.07. The zero-order chi connectivity index (χ0) is 15.4. The number of benzene rings is 1. The molecule has 0 amide bonds. The number of aromatic nitrogens is 2. The highest BCUT2D eigenvalue weighted by atomic mass is 32.2. The van der Waals surface area contributed by atoms with Gasteiger partial charge in [-0.05, 0) is 19.1 Å². The molecule has 1 unspecified atom stereocenters. The van der Waals surface area contributed by atoms with E-state index in [0.717, 1.165) is 0 Å². The third-order valence-corrected chi connectivity index (χ3v) is 4.26. The van der Waals surface area contributed by atoms with Gasteiger partial charge in [0.15, 0.2) is 0 Å². The van der Waals surface area contributed by atoms with Crippen molar-refractivity contribution in [3.63, 3.8) is 0 Å². The summed E-state index contributed by atoms with van der Waals surface area (Å²) in [6.07, 6.45) is 1.37. The summed E-state index contributed by atoms with van der Waals surface area (Å²) >= 11 is 0. The Morgan fingerprint density at radius 2 is 2.14 bits per heavy atom. The van der Waals surface area contributed by atoms with Crippen molar-refractivity contribution in [2.24, 2.45) is 7.05 Å². The van der Waals surface area contributed by atoms with Crippen LogP contribution >= 0.6 is 0 Å². The molecule has 0 bridgehead atoms. The first kappa shape index (κ1) is 15.4. The number of halogens is 1. The van der Waals surface area contributed by atoms with Crippen molar-refractivity contribution in [3.8, 4) is 0 Å². The first-order chi connectivity index (χ1) is 10.0. The number of hydrogen-bond donors (Lipinski definition) is 0. The molecule has 5 nitrogen and oxygen atoms in total. The largest absolute Gasteiger partial charge is 0.462 e. The molecule has 1 heterocycles. The number of hydrogen-bond acceptors (Lipinski definition) is 4. The van der Waals surface area contributed by atoms with Gasteiger partial charge in [-0.3, -0.25) is 8.89 Å². The van der Waals surface area contributed by atoms with Gasteiger partial charge in [0.05, 0.1) is 39.9 Å². The zero-order valence-electron chi connectivity index (χ0n) is 11.7. The number of ether oxygens (including phenoxy) is 1. The highest BCUT2D eigenvalue weighted by Gasteiger charge is 2.20. The van der Waals surface area contributed by atoms with Crippen LogP contribution in [-0.4, -0.2) is 26.6 Å². The van der Waals surface area contributed by atoms with E-state index in [1.807, 2.05) is 0 Å². The Hall–Kier alpha value is -2.02. The monoisotopic (exact) mass is 310 g/mol. The minimum Gasteiger partial charge on any atom is -0.462 e. The molecule has 0 radical (unpaired) electrons. The van der Waals surface area contributed by atoms with Crippen molar-refractivity contribution in [2.75, 3.05) is 6.61 Å². The molecule has 2 rings (SSSR count). The van der Waals surface area contributed by atoms with Gasteiger partial charge < -0.3 is 4.74 Å². The van der Waals surface area contributed by atoms with Crippen LogP contribution in [0.4, 0.5) is 4.39 Å². The average molecular weight is 310 g/mol. The highest BCUT2D eigenvalue weighted by molar-refractivity contribution is 7.84. The second kappa shape index (κ2) is 6.62. The number of aryl methyl sites for hydroxylation is 1. The van der Waals surface area contributed by atoms with Gasteiger partial charge in [-0.1, -0.05) is 12.1 Å². The molecule has 21 heavy (non-hydrogen) atoms. The lowest BCUT2D eigenvalue weighted by molar-refractivity contribution is 0.0525. The molecule has 1 aromatic carbocycles. The fourth-order valence-corrected chi connectivity index (χ4v) is 3.11. The Morgan fingerprint density at radius 3 is 2.81 bits per heavy atom. The van der Waals surface area contributed by atoms with Gasteiger partial charge in [0, 0.05) is 7.05 Å².